The summed E-state index contributed by atoms with van der Waals surface area (Å²) in [5.74, 6) is -3.06. The highest BCUT2D eigenvalue weighted by Gasteiger charge is 2.53. The Hall–Kier alpha value is -4.78. The van der Waals surface area contributed by atoms with Crippen LogP contribution < -0.4 is 4.74 Å². The lowest BCUT2D eigenvalue weighted by Crippen LogP contribution is -2.63. The zero-order chi connectivity index (χ0) is 32.0. The molecule has 1 fully saturated rings. The summed E-state index contributed by atoms with van der Waals surface area (Å²) in [7, 11) is 0. The van der Waals surface area contributed by atoms with Gasteiger partial charge in [-0.1, -0.05) is 36.4 Å². The maximum absolute atomic E-state index is 13.3. The minimum Gasteiger partial charge on any atom is -0.463 e. The van der Waals surface area contributed by atoms with Crippen LogP contribution in [0.4, 0.5) is 4.39 Å². The lowest BCUT2D eigenvalue weighted by molar-refractivity contribution is -0.289. The van der Waals surface area contributed by atoms with Gasteiger partial charge in [0.1, 0.15) is 18.5 Å². The van der Waals surface area contributed by atoms with Gasteiger partial charge in [-0.2, -0.15) is 0 Å². The van der Waals surface area contributed by atoms with E-state index in [1.54, 1.807) is 19.1 Å². The number of hydrogen-bond acceptors (Lipinski definition) is 11. The van der Waals surface area contributed by atoms with Gasteiger partial charge in [0.2, 0.25) is 18.3 Å². The molecule has 1 unspecified atom stereocenters. The Kier molecular flexibility index (Phi) is 10.3. The van der Waals surface area contributed by atoms with Crippen LogP contribution in [0.1, 0.15) is 44.5 Å². The molecule has 0 amide bonds. The van der Waals surface area contributed by atoms with Gasteiger partial charge >= 0.3 is 23.9 Å². The fraction of sp³-hybridized carbons (Fsp3) is 0.387. The molecule has 0 radical (unpaired) electrons. The zero-order valence-corrected chi connectivity index (χ0v) is 24.8. The van der Waals surface area contributed by atoms with E-state index >= 15 is 0 Å². The molecule has 0 bridgehead atoms. The van der Waals surface area contributed by atoms with E-state index in [1.807, 2.05) is 24.3 Å². The number of benzene rings is 2. The molecule has 2 aromatic carbocycles. The number of nitrogens with zero attached hydrogens (tertiary/aromatic N) is 1. The molecular formula is C31H33FN2O10. The lowest BCUT2D eigenvalue weighted by atomic mass is 9.98. The summed E-state index contributed by atoms with van der Waals surface area (Å²) < 4.78 is 47.0. The van der Waals surface area contributed by atoms with Crippen molar-refractivity contribution in [3.8, 4) is 17.0 Å². The molecule has 0 aliphatic carbocycles. The predicted molar refractivity (Wildman–Crippen MR) is 151 cm³/mol. The van der Waals surface area contributed by atoms with E-state index in [4.69, 9.17) is 28.4 Å². The average molecular weight is 613 g/mol. The van der Waals surface area contributed by atoms with Crippen LogP contribution in [0.2, 0.25) is 0 Å². The van der Waals surface area contributed by atoms with Crippen LogP contribution in [0.3, 0.4) is 0 Å². The number of carbonyl (C=O) groups is 4. The number of aryl methyl sites for hydroxylation is 1. The molecule has 1 aliphatic rings. The van der Waals surface area contributed by atoms with Crippen molar-refractivity contribution >= 4 is 23.9 Å². The number of aromatic nitrogens is 2. The monoisotopic (exact) mass is 612 g/mol. The quantitative estimate of drug-likeness (QED) is 0.264. The highest BCUT2D eigenvalue weighted by atomic mass is 19.1. The number of halogens is 1. The van der Waals surface area contributed by atoms with Crippen LogP contribution in [-0.4, -0.2) is 71.4 Å². The first-order chi connectivity index (χ1) is 20.9. The van der Waals surface area contributed by atoms with Crippen LogP contribution in [0, 0.1) is 12.7 Å². The maximum atomic E-state index is 13.3. The second kappa shape index (κ2) is 14.1. The molecule has 1 aromatic heterocycles. The van der Waals surface area contributed by atoms with Crippen molar-refractivity contribution in [2.45, 2.75) is 71.7 Å². The van der Waals surface area contributed by atoms with Gasteiger partial charge in [-0.15, -0.1) is 5.10 Å². The normalized spacial score (nSPS) is 21.2. The van der Waals surface area contributed by atoms with E-state index in [-0.39, 0.29) is 18.3 Å². The third-order valence-corrected chi connectivity index (χ3v) is 6.72. The van der Waals surface area contributed by atoms with Crippen LogP contribution in [0.5, 0.6) is 5.88 Å². The Morgan fingerprint density at radius 2 is 1.34 bits per heavy atom. The Morgan fingerprint density at radius 1 is 0.795 bits per heavy atom. The van der Waals surface area contributed by atoms with Gasteiger partial charge < -0.3 is 28.4 Å². The summed E-state index contributed by atoms with van der Waals surface area (Å²) >= 11 is 0. The fourth-order valence-corrected chi connectivity index (χ4v) is 4.79. The Labute approximate surface area is 252 Å². The number of rotatable bonds is 10. The number of ether oxygens (including phenoxy) is 6. The highest BCUT2D eigenvalue weighted by Crippen LogP contribution is 2.33. The summed E-state index contributed by atoms with van der Waals surface area (Å²) in [6, 6.07) is 13.9. The van der Waals surface area contributed by atoms with Crippen molar-refractivity contribution in [2.75, 3.05) is 6.61 Å². The smallest absolute Gasteiger partial charge is 0.303 e. The average Bonchev–Trinajstić information content (AvgIpc) is 3.29. The molecule has 0 spiro atoms. The molecule has 234 valence electrons. The molecule has 13 heteroatoms. The Balaban J connectivity index is 1.63. The van der Waals surface area contributed by atoms with E-state index in [0.717, 1.165) is 37.5 Å². The van der Waals surface area contributed by atoms with Gasteiger partial charge in [0.15, 0.2) is 12.2 Å². The van der Waals surface area contributed by atoms with Crippen LogP contribution >= 0.6 is 0 Å². The van der Waals surface area contributed by atoms with E-state index < -0.39 is 54.6 Å². The molecule has 0 saturated carbocycles. The first-order valence-corrected chi connectivity index (χ1v) is 13.8. The Bertz CT molecular complexity index is 1490. The number of hydrogen-bond donors (Lipinski definition) is 1. The fourth-order valence-electron chi connectivity index (χ4n) is 4.79. The van der Waals surface area contributed by atoms with Crippen molar-refractivity contribution in [1.82, 2.24) is 10.2 Å². The third kappa shape index (κ3) is 8.19. The van der Waals surface area contributed by atoms with Gasteiger partial charge in [0.25, 0.3) is 0 Å². The van der Waals surface area contributed by atoms with E-state index in [0.29, 0.717) is 17.7 Å². The molecule has 1 N–H and O–H groups in total. The highest BCUT2D eigenvalue weighted by molar-refractivity contribution is 5.69. The van der Waals surface area contributed by atoms with Gasteiger partial charge in [0, 0.05) is 45.4 Å². The SMILES string of the molecule is CC(=O)OC[C@H]1OC(Oc2n[nH]c(C)c2Cc2ccc(-c3ccc(F)cc3)cc2)[C@H](OC(C)=O)[C@@H](OC(C)=O)[C@@H]1OC(C)=O. The van der Waals surface area contributed by atoms with Crippen molar-refractivity contribution in [3.05, 3.63) is 71.2 Å². The zero-order valence-electron chi connectivity index (χ0n) is 24.8. The van der Waals surface area contributed by atoms with Crippen molar-refractivity contribution in [2.24, 2.45) is 0 Å². The standard InChI is InChI=1S/C31H33FN2O10/c1-16-25(14-21-6-8-22(9-7-21)23-10-12-24(32)13-11-23)30(34-33-16)44-31-29(42-20(5)38)28(41-19(4)37)27(40-18(3)36)26(43-31)15-39-17(2)35/h6-13,26-29,31H,14-15H2,1-5H3,(H,33,34)/t26-,27-,28+,29-,31?/m1/s1. The molecular weight excluding hydrogens is 579 g/mol. The molecule has 4 rings (SSSR count). The summed E-state index contributed by atoms with van der Waals surface area (Å²) in [5, 5.41) is 7.14. The summed E-state index contributed by atoms with van der Waals surface area (Å²) in [5.41, 5.74) is 4.03. The first-order valence-electron chi connectivity index (χ1n) is 13.8. The predicted octanol–water partition coefficient (Wildman–Crippen LogP) is 3.58. The van der Waals surface area contributed by atoms with Crippen LogP contribution in [-0.2, 0) is 49.3 Å². The topological polar surface area (TPSA) is 152 Å². The Morgan fingerprint density at radius 3 is 1.91 bits per heavy atom. The second-order valence-corrected chi connectivity index (χ2v) is 10.2. The number of H-pyrrole nitrogens is 1. The first kappa shape index (κ1) is 32.1. The van der Waals surface area contributed by atoms with Crippen molar-refractivity contribution in [3.63, 3.8) is 0 Å². The third-order valence-electron chi connectivity index (χ3n) is 6.72. The van der Waals surface area contributed by atoms with Gasteiger partial charge in [0.05, 0.1) is 0 Å². The summed E-state index contributed by atoms with van der Waals surface area (Å²) in [4.78, 5) is 47.8. The minimum atomic E-state index is -1.42. The minimum absolute atomic E-state index is 0.117. The molecule has 44 heavy (non-hydrogen) atoms. The van der Waals surface area contributed by atoms with Crippen LogP contribution in [0.25, 0.3) is 11.1 Å². The number of aromatic amines is 1. The molecule has 5 atom stereocenters. The molecule has 2 heterocycles. The number of esters is 4. The second-order valence-electron chi connectivity index (χ2n) is 10.2. The maximum Gasteiger partial charge on any atom is 0.303 e. The lowest BCUT2D eigenvalue weighted by Gasteiger charge is -2.43. The van der Waals surface area contributed by atoms with Crippen molar-refractivity contribution in [1.29, 1.82) is 0 Å². The van der Waals surface area contributed by atoms with Gasteiger partial charge in [-0.25, -0.2) is 4.39 Å². The number of carbonyl (C=O) groups excluding carboxylic acids is 4. The van der Waals surface area contributed by atoms with Gasteiger partial charge in [-0.3, -0.25) is 24.3 Å². The molecule has 1 aliphatic heterocycles. The van der Waals surface area contributed by atoms with Gasteiger partial charge in [-0.05, 0) is 35.7 Å². The van der Waals surface area contributed by atoms with E-state index in [2.05, 4.69) is 10.2 Å². The summed E-state index contributed by atoms with van der Waals surface area (Å²) in [6.45, 7) is 6.03. The van der Waals surface area contributed by atoms with Crippen molar-refractivity contribution < 1.29 is 52.0 Å². The van der Waals surface area contributed by atoms with E-state index in [9.17, 15) is 23.6 Å². The molecule has 1 saturated heterocycles. The number of nitrogens with one attached hydrogen (secondary N) is 1. The summed E-state index contributed by atoms with van der Waals surface area (Å²) in [6.07, 6.45) is -6.27. The molecule has 3 aromatic rings. The molecule has 12 nitrogen and oxygen atoms in total. The van der Waals surface area contributed by atoms with E-state index in [1.165, 1.54) is 19.1 Å². The van der Waals surface area contributed by atoms with Crippen LogP contribution in [0.15, 0.2) is 48.5 Å². The largest absolute Gasteiger partial charge is 0.463 e.